The summed E-state index contributed by atoms with van der Waals surface area (Å²) >= 11 is 0. The molecule has 6 nitrogen and oxygen atoms in total. The normalized spacial score (nSPS) is 13.4. The van der Waals surface area contributed by atoms with Gasteiger partial charge < -0.3 is 25.5 Å². The van der Waals surface area contributed by atoms with Crippen LogP contribution in [-0.4, -0.2) is 35.8 Å². The quantitative estimate of drug-likeness (QED) is 0.560. The van der Waals surface area contributed by atoms with Gasteiger partial charge in [0.25, 0.3) is 5.91 Å². The zero-order valence-corrected chi connectivity index (χ0v) is 15.3. The van der Waals surface area contributed by atoms with Crippen molar-refractivity contribution in [2.75, 3.05) is 25.1 Å². The van der Waals surface area contributed by atoms with E-state index in [1.54, 1.807) is 6.07 Å². The minimum absolute atomic E-state index is 0.0295. The van der Waals surface area contributed by atoms with Crippen LogP contribution >= 0.6 is 0 Å². The maximum absolute atomic E-state index is 12.7. The number of nitrogens with one attached hydrogen (secondary N) is 3. The Hall–Kier alpha value is -2.83. The molecule has 1 amide bonds. The first-order valence-corrected chi connectivity index (χ1v) is 9.15. The summed E-state index contributed by atoms with van der Waals surface area (Å²) in [6.45, 7) is 3.96. The Kier molecular flexibility index (Phi) is 4.83. The van der Waals surface area contributed by atoms with Crippen molar-refractivity contribution >= 4 is 22.5 Å². The van der Waals surface area contributed by atoms with Gasteiger partial charge >= 0.3 is 0 Å². The van der Waals surface area contributed by atoms with Crippen LogP contribution in [0.1, 0.15) is 27.2 Å². The Morgan fingerprint density at radius 2 is 2.15 bits per heavy atom. The number of H-pyrrole nitrogens is 1. The number of aryl methyl sites for hydroxylation is 1. The third-order valence-corrected chi connectivity index (χ3v) is 4.92. The minimum atomic E-state index is -0.144. The van der Waals surface area contributed by atoms with E-state index in [0.717, 1.165) is 36.3 Å². The smallest absolute Gasteiger partial charge is 0.255 e. The standard InChI is InChI=1S/C21H23N3O3/c1-13-10-15(27-9-8-25)3-5-18(13)24-21(26)14-2-4-16-17-6-7-22-12-20(17)23-19(16)11-14/h2-5,10-11,22-23,25H,6-9,12H2,1H3,(H,24,26). The largest absolute Gasteiger partial charge is 0.491 e. The van der Waals surface area contributed by atoms with E-state index >= 15 is 0 Å². The highest BCUT2D eigenvalue weighted by Crippen LogP contribution is 2.27. The molecule has 1 aliphatic heterocycles. The van der Waals surface area contributed by atoms with Crippen LogP contribution in [0.15, 0.2) is 36.4 Å². The Bertz CT molecular complexity index is 994. The number of aliphatic hydroxyl groups is 1. The van der Waals surface area contributed by atoms with Gasteiger partial charge in [-0.3, -0.25) is 4.79 Å². The average Bonchev–Trinajstić information content (AvgIpc) is 3.06. The van der Waals surface area contributed by atoms with Gasteiger partial charge in [0.15, 0.2) is 0 Å². The summed E-state index contributed by atoms with van der Waals surface area (Å²) in [4.78, 5) is 16.1. The lowest BCUT2D eigenvalue weighted by Gasteiger charge is -2.12. The van der Waals surface area contributed by atoms with Crippen molar-refractivity contribution < 1.29 is 14.6 Å². The fourth-order valence-electron chi connectivity index (χ4n) is 3.54. The number of hydrogen-bond donors (Lipinski definition) is 4. The molecule has 0 spiro atoms. The number of carbonyl (C=O) groups is 1. The molecule has 0 saturated heterocycles. The van der Waals surface area contributed by atoms with E-state index in [-0.39, 0.29) is 19.1 Å². The molecule has 4 rings (SSSR count). The second-order valence-corrected chi connectivity index (χ2v) is 6.77. The highest BCUT2D eigenvalue weighted by atomic mass is 16.5. The molecule has 2 heterocycles. The third-order valence-electron chi connectivity index (χ3n) is 4.92. The Morgan fingerprint density at radius 1 is 1.26 bits per heavy atom. The molecule has 1 aliphatic rings. The summed E-state index contributed by atoms with van der Waals surface area (Å²) in [7, 11) is 0. The second-order valence-electron chi connectivity index (χ2n) is 6.77. The first-order valence-electron chi connectivity index (χ1n) is 9.15. The molecule has 0 atom stereocenters. The van der Waals surface area contributed by atoms with E-state index in [4.69, 9.17) is 9.84 Å². The topological polar surface area (TPSA) is 86.4 Å². The van der Waals surface area contributed by atoms with Gasteiger partial charge in [-0.05, 0) is 61.3 Å². The number of amides is 1. The van der Waals surface area contributed by atoms with Gasteiger partial charge in [0, 0.05) is 34.4 Å². The predicted molar refractivity (Wildman–Crippen MR) is 105 cm³/mol. The van der Waals surface area contributed by atoms with Gasteiger partial charge in [-0.1, -0.05) is 6.07 Å². The molecule has 0 fully saturated rings. The second kappa shape index (κ2) is 7.42. The molecule has 1 aromatic heterocycles. The summed E-state index contributed by atoms with van der Waals surface area (Å²) in [5.74, 6) is 0.529. The molecular weight excluding hydrogens is 342 g/mol. The summed E-state index contributed by atoms with van der Waals surface area (Å²) in [6.07, 6.45) is 1.00. The van der Waals surface area contributed by atoms with Crippen LogP contribution < -0.4 is 15.4 Å². The molecule has 0 radical (unpaired) electrons. The molecule has 140 valence electrons. The zero-order valence-electron chi connectivity index (χ0n) is 15.3. The Morgan fingerprint density at radius 3 is 2.96 bits per heavy atom. The molecule has 0 bridgehead atoms. The molecule has 6 heteroatoms. The van der Waals surface area contributed by atoms with Crippen molar-refractivity contribution in [3.63, 3.8) is 0 Å². The molecule has 0 unspecified atom stereocenters. The average molecular weight is 365 g/mol. The summed E-state index contributed by atoms with van der Waals surface area (Å²) < 4.78 is 5.40. The van der Waals surface area contributed by atoms with Gasteiger partial charge in [0.05, 0.1) is 6.61 Å². The van der Waals surface area contributed by atoms with Gasteiger partial charge in [0.1, 0.15) is 12.4 Å². The lowest BCUT2D eigenvalue weighted by atomic mass is 10.0. The van der Waals surface area contributed by atoms with E-state index in [1.807, 2.05) is 37.3 Å². The summed E-state index contributed by atoms with van der Waals surface area (Å²) in [6, 6.07) is 11.3. The summed E-state index contributed by atoms with van der Waals surface area (Å²) in [5, 5.41) is 16.4. The number of anilines is 1. The fraction of sp³-hybridized carbons (Fsp3) is 0.286. The van der Waals surface area contributed by atoms with Crippen molar-refractivity contribution in [3.05, 3.63) is 58.8 Å². The van der Waals surface area contributed by atoms with Crippen molar-refractivity contribution in [3.8, 4) is 5.75 Å². The van der Waals surface area contributed by atoms with Crippen LogP contribution in [0.2, 0.25) is 0 Å². The Labute approximate surface area is 157 Å². The molecule has 3 aromatic rings. The lowest BCUT2D eigenvalue weighted by molar-refractivity contribution is 0.102. The number of hydrogen-bond acceptors (Lipinski definition) is 4. The monoisotopic (exact) mass is 365 g/mol. The first kappa shape index (κ1) is 17.6. The van der Waals surface area contributed by atoms with Gasteiger partial charge in [-0.15, -0.1) is 0 Å². The van der Waals surface area contributed by atoms with E-state index in [1.165, 1.54) is 16.6 Å². The molecular formula is C21H23N3O3. The Balaban J connectivity index is 1.54. The maximum atomic E-state index is 12.7. The third kappa shape index (κ3) is 3.54. The highest BCUT2D eigenvalue weighted by Gasteiger charge is 2.16. The van der Waals surface area contributed by atoms with Crippen LogP contribution in [0, 0.1) is 6.92 Å². The first-order chi connectivity index (χ1) is 13.2. The molecule has 0 aliphatic carbocycles. The van der Waals surface area contributed by atoms with Gasteiger partial charge in [0.2, 0.25) is 0 Å². The highest BCUT2D eigenvalue weighted by molar-refractivity contribution is 6.06. The van der Waals surface area contributed by atoms with E-state index in [0.29, 0.717) is 11.3 Å². The van der Waals surface area contributed by atoms with Crippen LogP contribution in [0.25, 0.3) is 10.9 Å². The number of aromatic amines is 1. The number of ether oxygens (including phenoxy) is 1. The van der Waals surface area contributed by atoms with Crippen molar-refractivity contribution in [1.82, 2.24) is 10.3 Å². The zero-order chi connectivity index (χ0) is 18.8. The van der Waals surface area contributed by atoms with Crippen molar-refractivity contribution in [1.29, 1.82) is 0 Å². The SMILES string of the molecule is Cc1cc(OCCO)ccc1NC(=O)c1ccc2c3c([nH]c2c1)CNCC3. The van der Waals surface area contributed by atoms with E-state index < -0.39 is 0 Å². The number of benzene rings is 2. The molecule has 4 N–H and O–H groups in total. The molecule has 2 aromatic carbocycles. The van der Waals surface area contributed by atoms with Crippen LogP contribution in [-0.2, 0) is 13.0 Å². The number of rotatable bonds is 5. The fourth-order valence-corrected chi connectivity index (χ4v) is 3.54. The van der Waals surface area contributed by atoms with Crippen LogP contribution in [0.5, 0.6) is 5.75 Å². The van der Waals surface area contributed by atoms with E-state index in [9.17, 15) is 4.79 Å². The maximum Gasteiger partial charge on any atom is 0.255 e. The number of aliphatic hydroxyl groups excluding tert-OH is 1. The van der Waals surface area contributed by atoms with Gasteiger partial charge in [-0.2, -0.15) is 0 Å². The minimum Gasteiger partial charge on any atom is -0.491 e. The predicted octanol–water partition coefficient (Wildman–Crippen LogP) is 2.75. The van der Waals surface area contributed by atoms with Crippen molar-refractivity contribution in [2.45, 2.75) is 19.9 Å². The molecule has 0 saturated carbocycles. The van der Waals surface area contributed by atoms with E-state index in [2.05, 4.69) is 15.6 Å². The summed E-state index contributed by atoms with van der Waals surface area (Å²) in [5.41, 5.74) is 5.83. The van der Waals surface area contributed by atoms with Crippen LogP contribution in [0.4, 0.5) is 5.69 Å². The number of aromatic nitrogens is 1. The molecule has 27 heavy (non-hydrogen) atoms. The number of fused-ring (bicyclic) bond motifs is 3. The van der Waals surface area contributed by atoms with Crippen LogP contribution in [0.3, 0.4) is 0 Å². The van der Waals surface area contributed by atoms with Crippen molar-refractivity contribution in [2.24, 2.45) is 0 Å². The van der Waals surface area contributed by atoms with Gasteiger partial charge in [-0.25, -0.2) is 0 Å². The number of carbonyl (C=O) groups excluding carboxylic acids is 1. The lowest BCUT2D eigenvalue weighted by Crippen LogP contribution is -2.22.